The van der Waals surface area contributed by atoms with Crippen molar-refractivity contribution in [3.05, 3.63) is 71.8 Å². The van der Waals surface area contributed by atoms with Gasteiger partial charge in [-0.05, 0) is 40.3 Å². The summed E-state index contributed by atoms with van der Waals surface area (Å²) in [5.74, 6) is 0. The van der Waals surface area contributed by atoms with Crippen LogP contribution in [-0.2, 0) is 0 Å². The summed E-state index contributed by atoms with van der Waals surface area (Å²) in [5.41, 5.74) is 4.78. The number of tetrazole rings is 1. The molecule has 0 saturated heterocycles. The van der Waals surface area contributed by atoms with E-state index >= 15 is 0 Å². The van der Waals surface area contributed by atoms with Crippen molar-refractivity contribution in [2.75, 3.05) is 0 Å². The van der Waals surface area contributed by atoms with E-state index in [0.29, 0.717) is 11.5 Å². The van der Waals surface area contributed by atoms with E-state index in [-0.39, 0.29) is 6.04 Å². The number of para-hydroxylation sites is 1. The van der Waals surface area contributed by atoms with Crippen molar-refractivity contribution >= 4 is 39.6 Å². The Morgan fingerprint density at radius 3 is 2.73 bits per heavy atom. The molecular formula is C19H14N6S. The highest BCUT2D eigenvalue weighted by Gasteiger charge is 2.25. The van der Waals surface area contributed by atoms with Gasteiger partial charge in [0.15, 0.2) is 10.8 Å². The summed E-state index contributed by atoms with van der Waals surface area (Å²) in [5, 5.41) is 17.2. The predicted octanol–water partition coefficient (Wildman–Crippen LogP) is 3.09. The molecule has 0 fully saturated rings. The van der Waals surface area contributed by atoms with Gasteiger partial charge in [0.05, 0.1) is 17.3 Å². The zero-order valence-corrected chi connectivity index (χ0v) is 14.5. The van der Waals surface area contributed by atoms with Crippen molar-refractivity contribution in [3.63, 3.8) is 0 Å². The molecule has 0 aliphatic carbocycles. The Morgan fingerprint density at radius 1 is 1.04 bits per heavy atom. The minimum atomic E-state index is -0.0340. The summed E-state index contributed by atoms with van der Waals surface area (Å²) in [6.45, 7) is 0. The number of nitrogens with one attached hydrogen (secondary N) is 1. The van der Waals surface area contributed by atoms with Crippen LogP contribution in [0.25, 0.3) is 16.6 Å². The number of nitrogens with zero attached hydrogens (tertiary/aromatic N) is 5. The Morgan fingerprint density at radius 2 is 1.85 bits per heavy atom. The molecule has 4 aromatic rings. The molecule has 0 radical (unpaired) electrons. The van der Waals surface area contributed by atoms with Gasteiger partial charge in [0.25, 0.3) is 0 Å². The molecular weight excluding hydrogens is 344 g/mol. The van der Waals surface area contributed by atoms with Crippen molar-refractivity contribution in [1.82, 2.24) is 25.4 Å². The van der Waals surface area contributed by atoms with Crippen LogP contribution in [0.3, 0.4) is 0 Å². The lowest BCUT2D eigenvalue weighted by atomic mass is 9.95. The van der Waals surface area contributed by atoms with Crippen molar-refractivity contribution in [3.8, 4) is 0 Å². The summed E-state index contributed by atoms with van der Waals surface area (Å²) < 4.78 is 1.78. The summed E-state index contributed by atoms with van der Waals surface area (Å²) in [6.07, 6.45) is 0.713. The number of hydrogen-bond acceptors (Lipinski definition) is 4. The van der Waals surface area contributed by atoms with Crippen LogP contribution < -0.4 is 5.32 Å². The molecule has 1 aliphatic heterocycles. The van der Waals surface area contributed by atoms with Gasteiger partial charge in [-0.25, -0.2) is 4.99 Å². The molecule has 3 heterocycles. The molecule has 2 aromatic carbocycles. The monoisotopic (exact) mass is 358 g/mol. The summed E-state index contributed by atoms with van der Waals surface area (Å²) in [6, 6.07) is 20.3. The lowest BCUT2D eigenvalue weighted by Crippen LogP contribution is -2.33. The minimum absolute atomic E-state index is 0.0340. The molecule has 0 saturated carbocycles. The van der Waals surface area contributed by atoms with Crippen LogP contribution in [0.5, 0.6) is 0 Å². The van der Waals surface area contributed by atoms with Gasteiger partial charge in [0, 0.05) is 17.4 Å². The minimum Gasteiger partial charge on any atom is -0.354 e. The molecule has 126 valence electrons. The van der Waals surface area contributed by atoms with E-state index in [1.54, 1.807) is 4.52 Å². The Balaban J connectivity index is 1.64. The fraction of sp³-hybridized carbons (Fsp3) is 0.105. The van der Waals surface area contributed by atoms with Crippen LogP contribution in [-0.4, -0.2) is 30.9 Å². The number of aliphatic imine (C=N–C) groups is 1. The van der Waals surface area contributed by atoms with Crippen LogP contribution in [0.1, 0.15) is 23.6 Å². The Bertz CT molecular complexity index is 1160. The molecule has 1 aliphatic rings. The van der Waals surface area contributed by atoms with Crippen molar-refractivity contribution in [2.24, 2.45) is 4.99 Å². The number of rotatable bonds is 2. The normalized spacial score (nSPS) is 17.3. The highest BCUT2D eigenvalue weighted by Crippen LogP contribution is 2.29. The van der Waals surface area contributed by atoms with E-state index < -0.39 is 0 Å². The second-order valence-corrected chi connectivity index (χ2v) is 6.59. The lowest BCUT2D eigenvalue weighted by Gasteiger charge is -2.25. The van der Waals surface area contributed by atoms with Gasteiger partial charge in [-0.2, -0.15) is 4.52 Å². The zero-order chi connectivity index (χ0) is 17.5. The first-order valence-electron chi connectivity index (χ1n) is 8.33. The second kappa shape index (κ2) is 5.96. The number of hydrogen-bond donors (Lipinski definition) is 1. The average Bonchev–Trinajstić information content (AvgIpc) is 3.18. The molecule has 6 nitrogen and oxygen atoms in total. The highest BCUT2D eigenvalue weighted by molar-refractivity contribution is 7.80. The van der Waals surface area contributed by atoms with E-state index in [2.05, 4.69) is 50.1 Å². The standard InChI is InChI=1S/C19H14N6S/c26-19-20-15(12-6-2-1-3-7-12)11-16(21-19)14-10-13-8-4-5-9-17(13)25-18(14)22-23-24-25/h1-10,16H,11H2,(H,21,26). The van der Waals surface area contributed by atoms with Gasteiger partial charge in [0.2, 0.25) is 0 Å². The van der Waals surface area contributed by atoms with Crippen LogP contribution in [0.15, 0.2) is 65.7 Å². The predicted molar refractivity (Wildman–Crippen MR) is 104 cm³/mol. The third-order valence-corrected chi connectivity index (χ3v) is 4.83. The van der Waals surface area contributed by atoms with Gasteiger partial charge in [0.1, 0.15) is 0 Å². The van der Waals surface area contributed by atoms with Crippen LogP contribution in [0.4, 0.5) is 0 Å². The first kappa shape index (κ1) is 15.1. The number of benzene rings is 2. The third kappa shape index (κ3) is 2.44. The average molecular weight is 358 g/mol. The van der Waals surface area contributed by atoms with Gasteiger partial charge < -0.3 is 5.32 Å². The molecule has 1 atom stereocenters. The fourth-order valence-corrected chi connectivity index (χ4v) is 3.67. The third-order valence-electron chi connectivity index (χ3n) is 4.62. The fourth-order valence-electron chi connectivity index (χ4n) is 3.41. The maximum Gasteiger partial charge on any atom is 0.193 e. The quantitative estimate of drug-likeness (QED) is 0.558. The molecule has 1 N–H and O–H groups in total. The van der Waals surface area contributed by atoms with E-state index in [4.69, 9.17) is 12.2 Å². The van der Waals surface area contributed by atoms with Crippen molar-refractivity contribution in [1.29, 1.82) is 0 Å². The van der Waals surface area contributed by atoms with Gasteiger partial charge >= 0.3 is 0 Å². The van der Waals surface area contributed by atoms with Crippen molar-refractivity contribution in [2.45, 2.75) is 12.5 Å². The van der Waals surface area contributed by atoms with E-state index in [9.17, 15) is 0 Å². The van der Waals surface area contributed by atoms with E-state index in [1.807, 2.05) is 36.4 Å². The largest absolute Gasteiger partial charge is 0.354 e. The highest BCUT2D eigenvalue weighted by atomic mass is 32.1. The number of thiocarbonyl (C=S) groups is 1. The molecule has 5 rings (SSSR count). The lowest BCUT2D eigenvalue weighted by molar-refractivity contribution is 0.665. The van der Waals surface area contributed by atoms with Crippen LogP contribution >= 0.6 is 12.2 Å². The molecule has 1 unspecified atom stereocenters. The SMILES string of the molecule is S=C1N=C(c2ccccc2)CC(c2cc3ccccc3n3nnnc23)N1. The molecule has 7 heteroatoms. The summed E-state index contributed by atoms with van der Waals surface area (Å²) in [7, 11) is 0. The van der Waals surface area contributed by atoms with Gasteiger partial charge in [-0.1, -0.05) is 48.5 Å². The Kier molecular flexibility index (Phi) is 3.46. The number of fused-ring (bicyclic) bond motifs is 3. The maximum atomic E-state index is 5.40. The second-order valence-electron chi connectivity index (χ2n) is 6.20. The van der Waals surface area contributed by atoms with Gasteiger partial charge in [-0.15, -0.1) is 5.10 Å². The summed E-state index contributed by atoms with van der Waals surface area (Å²) in [4.78, 5) is 4.54. The molecule has 0 bridgehead atoms. The number of pyridine rings is 1. The Labute approximate surface area is 154 Å². The molecule has 0 amide bonds. The first-order chi connectivity index (χ1) is 12.8. The zero-order valence-electron chi connectivity index (χ0n) is 13.7. The topological polar surface area (TPSA) is 67.5 Å². The smallest absolute Gasteiger partial charge is 0.193 e. The number of aromatic nitrogens is 4. The van der Waals surface area contributed by atoms with E-state index in [0.717, 1.165) is 33.4 Å². The van der Waals surface area contributed by atoms with Crippen LogP contribution in [0, 0.1) is 0 Å². The first-order valence-corrected chi connectivity index (χ1v) is 8.73. The summed E-state index contributed by atoms with van der Waals surface area (Å²) >= 11 is 5.40. The van der Waals surface area contributed by atoms with Gasteiger partial charge in [-0.3, -0.25) is 0 Å². The molecule has 0 spiro atoms. The Hall–Kier alpha value is -3.19. The van der Waals surface area contributed by atoms with Crippen LogP contribution in [0.2, 0.25) is 0 Å². The van der Waals surface area contributed by atoms with Crippen molar-refractivity contribution < 1.29 is 0 Å². The molecule has 2 aromatic heterocycles. The molecule has 26 heavy (non-hydrogen) atoms. The maximum absolute atomic E-state index is 5.40. The van der Waals surface area contributed by atoms with E-state index in [1.165, 1.54) is 0 Å².